The molecular formula is C21H15ClF3N3O3. The Labute approximate surface area is 179 Å². The summed E-state index contributed by atoms with van der Waals surface area (Å²) in [5.41, 5.74) is 10.3. The van der Waals surface area contributed by atoms with Crippen LogP contribution in [0.2, 0.25) is 5.02 Å². The number of rotatable bonds is 5. The number of benzene rings is 3. The van der Waals surface area contributed by atoms with Gasteiger partial charge >= 0.3 is 6.18 Å². The van der Waals surface area contributed by atoms with Gasteiger partial charge in [0.15, 0.2) is 0 Å². The molecule has 0 aliphatic carbocycles. The van der Waals surface area contributed by atoms with Crippen LogP contribution in [-0.2, 0) is 6.18 Å². The van der Waals surface area contributed by atoms with Crippen molar-refractivity contribution < 1.29 is 27.5 Å². The second-order valence-corrected chi connectivity index (χ2v) is 6.79. The van der Waals surface area contributed by atoms with E-state index in [0.717, 1.165) is 6.07 Å². The molecule has 0 unspecified atom stereocenters. The van der Waals surface area contributed by atoms with Gasteiger partial charge in [0, 0.05) is 16.9 Å². The first-order valence-electron chi connectivity index (χ1n) is 8.70. The maximum Gasteiger partial charge on any atom is 0.417 e. The molecule has 2 amide bonds. The van der Waals surface area contributed by atoms with Gasteiger partial charge in [0.05, 0.1) is 16.1 Å². The Balaban J connectivity index is 1.72. The Morgan fingerprint density at radius 1 is 0.935 bits per heavy atom. The van der Waals surface area contributed by atoms with Crippen molar-refractivity contribution in [3.8, 4) is 11.5 Å². The highest BCUT2D eigenvalue weighted by Crippen LogP contribution is 2.35. The number of nitrogens with two attached hydrogens (primary N) is 2. The fraction of sp³-hybridized carbons (Fsp3) is 0.0476. The summed E-state index contributed by atoms with van der Waals surface area (Å²) in [6, 6.07) is 13.4. The highest BCUT2D eigenvalue weighted by atomic mass is 35.5. The summed E-state index contributed by atoms with van der Waals surface area (Å²) in [6.07, 6.45) is -4.68. The molecule has 3 aromatic carbocycles. The first-order chi connectivity index (χ1) is 14.5. The van der Waals surface area contributed by atoms with Crippen molar-refractivity contribution in [2.75, 3.05) is 11.1 Å². The quantitative estimate of drug-likeness (QED) is 0.472. The van der Waals surface area contributed by atoms with E-state index in [9.17, 15) is 22.8 Å². The van der Waals surface area contributed by atoms with Crippen molar-refractivity contribution in [1.82, 2.24) is 0 Å². The molecule has 31 heavy (non-hydrogen) atoms. The van der Waals surface area contributed by atoms with Crippen LogP contribution >= 0.6 is 11.6 Å². The summed E-state index contributed by atoms with van der Waals surface area (Å²) in [5, 5.41) is 2.00. The van der Waals surface area contributed by atoms with E-state index in [1.807, 2.05) is 0 Å². The number of alkyl halides is 3. The van der Waals surface area contributed by atoms with E-state index < -0.39 is 28.6 Å². The lowest BCUT2D eigenvalue weighted by Gasteiger charge is -2.12. The maximum atomic E-state index is 13.0. The fourth-order valence-corrected chi connectivity index (χ4v) is 2.87. The molecule has 0 saturated heterocycles. The van der Waals surface area contributed by atoms with Crippen LogP contribution in [0.5, 0.6) is 11.5 Å². The molecule has 3 aromatic rings. The molecule has 0 aliphatic rings. The molecule has 0 radical (unpaired) electrons. The number of hydrogen-bond acceptors (Lipinski definition) is 4. The van der Waals surface area contributed by atoms with Crippen molar-refractivity contribution in [3.63, 3.8) is 0 Å². The monoisotopic (exact) mass is 449 g/mol. The standard InChI is InChI=1S/C21H15ClF3N3O3/c22-17-7-1-11(9-16(17)21(23,24)25)20(30)28-12-2-4-13(5-3-12)31-14-6-8-18(26)15(10-14)19(27)29/h1-10H,26H2,(H2,27,29)(H,28,30). The summed E-state index contributed by atoms with van der Waals surface area (Å²) in [5.74, 6) is -0.734. The largest absolute Gasteiger partial charge is 0.457 e. The van der Waals surface area contributed by atoms with Gasteiger partial charge in [-0.1, -0.05) is 11.6 Å². The van der Waals surface area contributed by atoms with Gasteiger partial charge < -0.3 is 21.5 Å². The first-order valence-corrected chi connectivity index (χ1v) is 9.08. The Morgan fingerprint density at radius 2 is 1.58 bits per heavy atom. The zero-order chi connectivity index (χ0) is 22.8. The number of carbonyl (C=O) groups excluding carboxylic acids is 2. The van der Waals surface area contributed by atoms with Crippen molar-refractivity contribution >= 4 is 34.8 Å². The summed E-state index contributed by atoms with van der Waals surface area (Å²) < 4.78 is 44.5. The van der Waals surface area contributed by atoms with Gasteiger partial charge in [0.1, 0.15) is 11.5 Å². The zero-order valence-corrected chi connectivity index (χ0v) is 16.4. The van der Waals surface area contributed by atoms with E-state index in [1.165, 1.54) is 42.5 Å². The van der Waals surface area contributed by atoms with Gasteiger partial charge in [-0.2, -0.15) is 13.2 Å². The fourth-order valence-electron chi connectivity index (χ4n) is 2.64. The molecule has 0 aromatic heterocycles. The molecule has 6 nitrogen and oxygen atoms in total. The number of carbonyl (C=O) groups is 2. The highest BCUT2D eigenvalue weighted by molar-refractivity contribution is 6.31. The van der Waals surface area contributed by atoms with E-state index in [-0.39, 0.29) is 16.8 Å². The summed E-state index contributed by atoms with van der Waals surface area (Å²) in [4.78, 5) is 23.7. The molecule has 3 rings (SSSR count). The van der Waals surface area contributed by atoms with Crippen LogP contribution in [-0.4, -0.2) is 11.8 Å². The third-order valence-electron chi connectivity index (χ3n) is 4.17. The molecule has 10 heteroatoms. The molecular weight excluding hydrogens is 435 g/mol. The van der Waals surface area contributed by atoms with E-state index >= 15 is 0 Å². The number of hydrogen-bond donors (Lipinski definition) is 3. The van der Waals surface area contributed by atoms with Gasteiger partial charge in [-0.3, -0.25) is 9.59 Å². The molecule has 0 atom stereocenters. The minimum Gasteiger partial charge on any atom is -0.457 e. The Morgan fingerprint density at radius 3 is 2.19 bits per heavy atom. The molecule has 0 fully saturated rings. The predicted octanol–water partition coefficient (Wildman–Crippen LogP) is 5.08. The van der Waals surface area contributed by atoms with Crippen LogP contribution in [0.25, 0.3) is 0 Å². The van der Waals surface area contributed by atoms with Crippen LogP contribution in [0.4, 0.5) is 24.5 Å². The lowest BCUT2D eigenvalue weighted by molar-refractivity contribution is -0.137. The molecule has 5 N–H and O–H groups in total. The Hall–Kier alpha value is -3.72. The van der Waals surface area contributed by atoms with E-state index in [4.69, 9.17) is 27.8 Å². The number of ether oxygens (including phenoxy) is 1. The summed E-state index contributed by atoms with van der Waals surface area (Å²) >= 11 is 5.57. The van der Waals surface area contributed by atoms with Gasteiger partial charge in [0.2, 0.25) is 0 Å². The maximum absolute atomic E-state index is 13.0. The van der Waals surface area contributed by atoms with Gasteiger partial charge in [-0.05, 0) is 60.7 Å². The van der Waals surface area contributed by atoms with Crippen LogP contribution in [0, 0.1) is 0 Å². The van der Waals surface area contributed by atoms with Gasteiger partial charge in [-0.25, -0.2) is 0 Å². The van der Waals surface area contributed by atoms with Crippen LogP contribution in [0.1, 0.15) is 26.3 Å². The third-order valence-corrected chi connectivity index (χ3v) is 4.50. The zero-order valence-electron chi connectivity index (χ0n) is 15.7. The Bertz CT molecular complexity index is 1150. The van der Waals surface area contributed by atoms with Crippen molar-refractivity contribution in [3.05, 3.63) is 82.4 Å². The molecule has 0 bridgehead atoms. The van der Waals surface area contributed by atoms with Crippen molar-refractivity contribution in [2.45, 2.75) is 6.18 Å². The summed E-state index contributed by atoms with van der Waals surface area (Å²) in [7, 11) is 0. The Kier molecular flexibility index (Phi) is 6.07. The number of halogens is 4. The average Bonchev–Trinajstić information content (AvgIpc) is 2.70. The van der Waals surface area contributed by atoms with Crippen LogP contribution < -0.4 is 21.5 Å². The second-order valence-electron chi connectivity index (χ2n) is 6.39. The smallest absolute Gasteiger partial charge is 0.417 e. The molecule has 0 saturated carbocycles. The number of amides is 2. The minimum atomic E-state index is -4.68. The number of nitrogen functional groups attached to an aromatic ring is 1. The minimum absolute atomic E-state index is 0.113. The predicted molar refractivity (Wildman–Crippen MR) is 110 cm³/mol. The number of primary amides is 1. The molecule has 160 valence electrons. The topological polar surface area (TPSA) is 107 Å². The average molecular weight is 450 g/mol. The third kappa shape index (κ3) is 5.26. The lowest BCUT2D eigenvalue weighted by Crippen LogP contribution is -2.14. The van der Waals surface area contributed by atoms with Crippen molar-refractivity contribution in [1.29, 1.82) is 0 Å². The molecule has 0 heterocycles. The lowest BCUT2D eigenvalue weighted by atomic mass is 10.1. The molecule has 0 aliphatic heterocycles. The highest BCUT2D eigenvalue weighted by Gasteiger charge is 2.33. The molecule has 0 spiro atoms. The van der Waals surface area contributed by atoms with Gasteiger partial charge in [0.25, 0.3) is 11.8 Å². The SMILES string of the molecule is NC(=O)c1cc(Oc2ccc(NC(=O)c3ccc(Cl)c(C(F)(F)F)c3)cc2)ccc1N. The second kappa shape index (κ2) is 8.57. The number of nitrogens with one attached hydrogen (secondary N) is 1. The van der Waals surface area contributed by atoms with Crippen molar-refractivity contribution in [2.24, 2.45) is 5.73 Å². The van der Waals surface area contributed by atoms with E-state index in [0.29, 0.717) is 23.3 Å². The summed E-state index contributed by atoms with van der Waals surface area (Å²) in [6.45, 7) is 0. The number of anilines is 2. The van der Waals surface area contributed by atoms with Crippen LogP contribution in [0.15, 0.2) is 60.7 Å². The normalized spacial score (nSPS) is 11.1. The van der Waals surface area contributed by atoms with E-state index in [1.54, 1.807) is 6.07 Å². The van der Waals surface area contributed by atoms with Gasteiger partial charge in [-0.15, -0.1) is 0 Å². The van der Waals surface area contributed by atoms with Crippen LogP contribution in [0.3, 0.4) is 0 Å². The first kappa shape index (κ1) is 22.0. The van der Waals surface area contributed by atoms with E-state index in [2.05, 4.69) is 5.32 Å².